The third-order valence-electron chi connectivity index (χ3n) is 4.32. The van der Waals surface area contributed by atoms with E-state index in [-0.39, 0.29) is 6.04 Å². The van der Waals surface area contributed by atoms with Gasteiger partial charge in [0.1, 0.15) is 17.7 Å². The van der Waals surface area contributed by atoms with Crippen molar-refractivity contribution in [2.45, 2.75) is 39.3 Å². The summed E-state index contributed by atoms with van der Waals surface area (Å²) >= 11 is 0. The highest BCUT2D eigenvalue weighted by atomic mass is 16.6. The Balaban J connectivity index is 1.82. The largest absolute Gasteiger partial charge is 0.444 e. The van der Waals surface area contributed by atoms with Crippen molar-refractivity contribution >= 4 is 34.4 Å². The molecule has 0 aliphatic heterocycles. The lowest BCUT2D eigenvalue weighted by Gasteiger charge is -2.20. The number of anilines is 2. The van der Waals surface area contributed by atoms with Crippen molar-refractivity contribution in [2.24, 2.45) is 5.73 Å². The van der Waals surface area contributed by atoms with E-state index in [1.807, 2.05) is 52.0 Å². The average Bonchev–Trinajstić information content (AvgIpc) is 2.66. The molecule has 0 spiro atoms. The summed E-state index contributed by atoms with van der Waals surface area (Å²) in [5, 5.41) is 6.78. The Morgan fingerprint density at radius 1 is 1.10 bits per heavy atom. The number of fused-ring (bicyclic) bond motifs is 1. The lowest BCUT2D eigenvalue weighted by molar-refractivity contribution is 0.0635. The van der Waals surface area contributed by atoms with E-state index in [0.29, 0.717) is 28.0 Å². The zero-order valence-corrected chi connectivity index (χ0v) is 17.4. The molecular formula is C22H25N5O3. The van der Waals surface area contributed by atoms with E-state index in [2.05, 4.69) is 20.6 Å². The van der Waals surface area contributed by atoms with E-state index in [0.717, 1.165) is 5.56 Å². The van der Waals surface area contributed by atoms with Crippen LogP contribution in [0.15, 0.2) is 48.8 Å². The van der Waals surface area contributed by atoms with E-state index in [1.54, 1.807) is 18.2 Å². The van der Waals surface area contributed by atoms with Crippen molar-refractivity contribution in [1.82, 2.24) is 9.97 Å². The molecule has 2 aromatic carbocycles. The summed E-state index contributed by atoms with van der Waals surface area (Å²) < 4.78 is 5.30. The van der Waals surface area contributed by atoms with E-state index in [1.165, 1.54) is 6.33 Å². The number of primary amides is 1. The number of benzene rings is 2. The number of hydrogen-bond acceptors (Lipinski definition) is 6. The first-order valence-corrected chi connectivity index (χ1v) is 9.54. The van der Waals surface area contributed by atoms with Gasteiger partial charge in [-0.05, 0) is 57.5 Å². The summed E-state index contributed by atoms with van der Waals surface area (Å²) in [7, 11) is 0. The van der Waals surface area contributed by atoms with Gasteiger partial charge in [-0.3, -0.25) is 10.1 Å². The minimum absolute atomic E-state index is 0.138. The number of rotatable bonds is 5. The van der Waals surface area contributed by atoms with Crippen LogP contribution in [-0.2, 0) is 4.74 Å². The molecule has 156 valence electrons. The Labute approximate surface area is 174 Å². The normalized spacial score (nSPS) is 12.3. The molecule has 0 radical (unpaired) electrons. The number of hydrogen-bond donors (Lipinski definition) is 3. The topological polar surface area (TPSA) is 119 Å². The van der Waals surface area contributed by atoms with Gasteiger partial charge in [0.05, 0.1) is 17.1 Å². The maximum atomic E-state index is 12.0. The van der Waals surface area contributed by atoms with Crippen LogP contribution in [0.3, 0.4) is 0 Å². The van der Waals surface area contributed by atoms with Crippen LogP contribution in [0.2, 0.25) is 0 Å². The molecule has 1 atom stereocenters. The van der Waals surface area contributed by atoms with Gasteiger partial charge < -0.3 is 15.8 Å². The molecule has 8 nitrogen and oxygen atoms in total. The smallest absolute Gasteiger partial charge is 0.412 e. The van der Waals surface area contributed by atoms with Crippen LogP contribution in [0.25, 0.3) is 10.9 Å². The summed E-state index contributed by atoms with van der Waals surface area (Å²) in [6.45, 7) is 7.40. The maximum Gasteiger partial charge on any atom is 0.412 e. The predicted molar refractivity (Wildman–Crippen MR) is 116 cm³/mol. The maximum absolute atomic E-state index is 12.0. The third kappa shape index (κ3) is 5.02. The SMILES string of the molecule is CC(Nc1ncnc2c(C(N)=O)cccc12)c1cccc(NC(=O)OC(C)(C)C)c1. The number of aromatic nitrogens is 2. The Morgan fingerprint density at radius 3 is 2.53 bits per heavy atom. The second-order valence-corrected chi connectivity index (χ2v) is 7.91. The van der Waals surface area contributed by atoms with Gasteiger partial charge in [-0.15, -0.1) is 0 Å². The number of nitrogens with zero attached hydrogens (tertiary/aromatic N) is 2. The number of para-hydroxylation sites is 1. The Morgan fingerprint density at radius 2 is 1.83 bits per heavy atom. The monoisotopic (exact) mass is 407 g/mol. The van der Waals surface area contributed by atoms with Crippen molar-refractivity contribution in [3.05, 3.63) is 59.9 Å². The molecule has 0 saturated heterocycles. The molecular weight excluding hydrogens is 382 g/mol. The van der Waals surface area contributed by atoms with Crippen molar-refractivity contribution in [1.29, 1.82) is 0 Å². The third-order valence-corrected chi connectivity index (χ3v) is 4.32. The summed E-state index contributed by atoms with van der Waals surface area (Å²) in [6.07, 6.45) is 0.880. The van der Waals surface area contributed by atoms with E-state index in [4.69, 9.17) is 10.5 Å². The number of amides is 2. The van der Waals surface area contributed by atoms with Crippen LogP contribution < -0.4 is 16.4 Å². The van der Waals surface area contributed by atoms with Gasteiger partial charge in [-0.25, -0.2) is 14.8 Å². The fourth-order valence-electron chi connectivity index (χ4n) is 3.00. The second kappa shape index (κ2) is 8.36. The van der Waals surface area contributed by atoms with Gasteiger partial charge in [0, 0.05) is 11.1 Å². The predicted octanol–water partition coefficient (Wildman–Crippen LogP) is 4.25. The van der Waals surface area contributed by atoms with Crippen LogP contribution in [0.4, 0.5) is 16.3 Å². The summed E-state index contributed by atoms with van der Waals surface area (Å²) in [4.78, 5) is 32.2. The minimum atomic E-state index is -0.575. The van der Waals surface area contributed by atoms with E-state index >= 15 is 0 Å². The van der Waals surface area contributed by atoms with Gasteiger partial charge in [0.2, 0.25) is 0 Å². The van der Waals surface area contributed by atoms with E-state index in [9.17, 15) is 9.59 Å². The van der Waals surface area contributed by atoms with Crippen LogP contribution >= 0.6 is 0 Å². The van der Waals surface area contributed by atoms with Crippen LogP contribution in [-0.4, -0.2) is 27.6 Å². The van der Waals surface area contributed by atoms with Crippen molar-refractivity contribution in [2.75, 3.05) is 10.6 Å². The summed E-state index contributed by atoms with van der Waals surface area (Å²) in [6, 6.07) is 12.5. The fourth-order valence-corrected chi connectivity index (χ4v) is 3.00. The highest BCUT2D eigenvalue weighted by molar-refractivity contribution is 6.06. The molecule has 2 amide bonds. The van der Waals surface area contributed by atoms with Crippen LogP contribution in [0.5, 0.6) is 0 Å². The molecule has 0 aliphatic rings. The summed E-state index contributed by atoms with van der Waals surface area (Å²) in [5.74, 6) is 0.0420. The van der Waals surface area contributed by atoms with Gasteiger partial charge >= 0.3 is 6.09 Å². The van der Waals surface area contributed by atoms with E-state index < -0.39 is 17.6 Å². The highest BCUT2D eigenvalue weighted by Crippen LogP contribution is 2.27. The minimum Gasteiger partial charge on any atom is -0.444 e. The first-order chi connectivity index (χ1) is 14.1. The number of nitrogens with two attached hydrogens (primary N) is 1. The molecule has 0 aliphatic carbocycles. The van der Waals surface area contributed by atoms with Crippen LogP contribution in [0.1, 0.15) is 49.7 Å². The quantitative estimate of drug-likeness (QED) is 0.582. The Hall–Kier alpha value is -3.68. The van der Waals surface area contributed by atoms with Crippen LogP contribution in [0, 0.1) is 0 Å². The molecule has 0 fully saturated rings. The zero-order valence-electron chi connectivity index (χ0n) is 17.4. The molecule has 0 bridgehead atoms. The van der Waals surface area contributed by atoms with Gasteiger partial charge in [0.15, 0.2) is 0 Å². The molecule has 0 saturated carbocycles. The lowest BCUT2D eigenvalue weighted by Crippen LogP contribution is -2.27. The van der Waals surface area contributed by atoms with Gasteiger partial charge in [-0.2, -0.15) is 0 Å². The molecule has 3 aromatic rings. The first-order valence-electron chi connectivity index (χ1n) is 9.54. The van der Waals surface area contributed by atoms with Gasteiger partial charge in [-0.1, -0.05) is 18.2 Å². The number of nitrogens with one attached hydrogen (secondary N) is 2. The zero-order chi connectivity index (χ0) is 21.9. The standard InChI is InChI=1S/C22H25N5O3/c1-13(14-7-5-8-15(11-14)27-21(29)30-22(2,3)4)26-20-17-10-6-9-16(19(23)28)18(17)24-12-25-20/h5-13H,1-4H3,(H2,23,28)(H,27,29)(H,24,25,26). The lowest BCUT2D eigenvalue weighted by atomic mass is 10.1. The van der Waals surface area contributed by atoms with Crippen molar-refractivity contribution in [3.63, 3.8) is 0 Å². The first kappa shape index (κ1) is 21.0. The Kier molecular flexibility index (Phi) is 5.86. The fraction of sp³-hybridized carbons (Fsp3) is 0.273. The number of carbonyl (C=O) groups is 2. The Bertz CT molecular complexity index is 1090. The molecule has 4 N–H and O–H groups in total. The highest BCUT2D eigenvalue weighted by Gasteiger charge is 2.17. The molecule has 1 unspecified atom stereocenters. The second-order valence-electron chi connectivity index (χ2n) is 7.91. The molecule has 3 rings (SSSR count). The molecule has 8 heteroatoms. The van der Waals surface area contributed by atoms with Crippen molar-refractivity contribution < 1.29 is 14.3 Å². The average molecular weight is 407 g/mol. The molecule has 1 aromatic heterocycles. The van der Waals surface area contributed by atoms with Gasteiger partial charge in [0.25, 0.3) is 5.91 Å². The summed E-state index contributed by atoms with van der Waals surface area (Å²) in [5.41, 5.74) is 7.27. The number of ether oxygens (including phenoxy) is 1. The number of carbonyl (C=O) groups excluding carboxylic acids is 2. The van der Waals surface area contributed by atoms with Crippen molar-refractivity contribution in [3.8, 4) is 0 Å². The molecule has 1 heterocycles. The molecule has 30 heavy (non-hydrogen) atoms.